The zero-order valence-corrected chi connectivity index (χ0v) is 20.2. The van der Waals surface area contributed by atoms with Gasteiger partial charge in [-0.3, -0.25) is 0 Å². The summed E-state index contributed by atoms with van der Waals surface area (Å²) in [7, 11) is 3.22. The van der Waals surface area contributed by atoms with Gasteiger partial charge in [0.05, 0.1) is 18.5 Å². The number of hydrogen-bond acceptors (Lipinski definition) is 5. The van der Waals surface area contributed by atoms with E-state index >= 15 is 0 Å². The molecule has 1 heterocycles. The van der Waals surface area contributed by atoms with Gasteiger partial charge in [0.2, 0.25) is 11.6 Å². The molecule has 7 nitrogen and oxygen atoms in total. The monoisotopic (exact) mass is 461 g/mol. The molecule has 0 atom stereocenters. The fourth-order valence-electron chi connectivity index (χ4n) is 3.84. The Labute approximate surface area is 200 Å². The number of ether oxygens (including phenoxy) is 2. The molecule has 3 aromatic rings. The molecule has 0 saturated carbocycles. The number of carboxylic acid groups (broad SMARTS) is 1. The summed E-state index contributed by atoms with van der Waals surface area (Å²) in [4.78, 5) is 16.3. The normalized spacial score (nSPS) is 11.2. The van der Waals surface area contributed by atoms with Crippen molar-refractivity contribution < 1.29 is 19.4 Å². The van der Waals surface area contributed by atoms with E-state index in [9.17, 15) is 9.90 Å². The van der Waals surface area contributed by atoms with Gasteiger partial charge in [-0.2, -0.15) is 0 Å². The third-order valence-corrected chi connectivity index (χ3v) is 5.79. The maximum absolute atomic E-state index is 11.6. The molecule has 0 fully saturated rings. The van der Waals surface area contributed by atoms with Crippen molar-refractivity contribution in [2.24, 2.45) is 0 Å². The average Bonchev–Trinajstić information content (AvgIpc) is 3.27. The number of methoxy groups -OCH3 is 2. The second-order valence-electron chi connectivity index (χ2n) is 7.93. The maximum Gasteiger partial charge on any atom is 0.336 e. The summed E-state index contributed by atoms with van der Waals surface area (Å²) in [5.41, 5.74) is 2.81. The van der Waals surface area contributed by atoms with Crippen molar-refractivity contribution in [2.75, 3.05) is 14.2 Å². The molecule has 0 spiro atoms. The summed E-state index contributed by atoms with van der Waals surface area (Å²) in [6.07, 6.45) is 3.03. The van der Waals surface area contributed by atoms with Gasteiger partial charge in [0.25, 0.3) is 0 Å². The first-order valence-electron chi connectivity index (χ1n) is 11.3. The molecule has 1 aromatic heterocycles. The van der Waals surface area contributed by atoms with E-state index < -0.39 is 11.8 Å². The SMILES string of the molecule is CC#CCc1nc(C(CCCC)(OC)OC)nn1Cc1ccc(-c2ccccc2C(=O)O)cc1. The molecule has 0 radical (unpaired) electrons. The van der Waals surface area contributed by atoms with Gasteiger partial charge in [0.15, 0.2) is 0 Å². The average molecular weight is 462 g/mol. The summed E-state index contributed by atoms with van der Waals surface area (Å²) < 4.78 is 13.3. The quantitative estimate of drug-likeness (QED) is 0.323. The predicted molar refractivity (Wildman–Crippen MR) is 130 cm³/mol. The highest BCUT2D eigenvalue weighted by molar-refractivity contribution is 5.95. The van der Waals surface area contributed by atoms with Gasteiger partial charge >= 0.3 is 5.97 Å². The molecule has 3 rings (SSSR count). The van der Waals surface area contributed by atoms with Crippen LogP contribution in [0.2, 0.25) is 0 Å². The van der Waals surface area contributed by atoms with E-state index in [0.29, 0.717) is 30.8 Å². The van der Waals surface area contributed by atoms with Crippen molar-refractivity contribution in [2.45, 2.75) is 51.9 Å². The smallest absolute Gasteiger partial charge is 0.336 e. The zero-order valence-electron chi connectivity index (χ0n) is 20.2. The lowest BCUT2D eigenvalue weighted by Gasteiger charge is -2.27. The van der Waals surface area contributed by atoms with Crippen LogP contribution in [0.25, 0.3) is 11.1 Å². The summed E-state index contributed by atoms with van der Waals surface area (Å²) >= 11 is 0. The van der Waals surface area contributed by atoms with E-state index in [1.807, 2.05) is 41.1 Å². The second-order valence-corrected chi connectivity index (χ2v) is 7.93. The molecule has 0 amide bonds. The Balaban J connectivity index is 1.92. The molecule has 0 aliphatic rings. The molecule has 1 N–H and O–H groups in total. The molecule has 34 heavy (non-hydrogen) atoms. The molecular weight excluding hydrogens is 430 g/mol. The predicted octanol–water partition coefficient (Wildman–Crippen LogP) is 4.89. The van der Waals surface area contributed by atoms with E-state index in [4.69, 9.17) is 19.6 Å². The number of unbranched alkanes of at least 4 members (excludes halogenated alkanes) is 1. The van der Waals surface area contributed by atoms with Crippen LogP contribution in [0, 0.1) is 11.8 Å². The van der Waals surface area contributed by atoms with Crippen molar-refractivity contribution in [3.8, 4) is 23.0 Å². The number of aromatic nitrogens is 3. The lowest BCUT2D eigenvalue weighted by Crippen LogP contribution is -2.32. The number of carboxylic acids is 1. The van der Waals surface area contributed by atoms with Crippen LogP contribution in [0.4, 0.5) is 0 Å². The summed E-state index contributed by atoms with van der Waals surface area (Å²) in [6, 6.07) is 14.8. The Hall–Kier alpha value is -3.47. The van der Waals surface area contributed by atoms with Gasteiger partial charge in [-0.25, -0.2) is 14.5 Å². The molecule has 178 valence electrons. The van der Waals surface area contributed by atoms with Gasteiger partial charge in [0.1, 0.15) is 5.82 Å². The van der Waals surface area contributed by atoms with Gasteiger partial charge in [0, 0.05) is 20.6 Å². The minimum absolute atomic E-state index is 0.277. The topological polar surface area (TPSA) is 86.5 Å². The van der Waals surface area contributed by atoms with Crippen molar-refractivity contribution in [1.29, 1.82) is 0 Å². The van der Waals surface area contributed by atoms with Crippen LogP contribution in [0.1, 0.15) is 60.7 Å². The number of rotatable bonds is 11. The summed E-state index contributed by atoms with van der Waals surface area (Å²) in [5.74, 6) is 5.27. The largest absolute Gasteiger partial charge is 0.478 e. The third-order valence-electron chi connectivity index (χ3n) is 5.79. The highest BCUT2D eigenvalue weighted by Crippen LogP contribution is 2.30. The Morgan fingerprint density at radius 3 is 2.44 bits per heavy atom. The first-order chi connectivity index (χ1) is 16.5. The minimum Gasteiger partial charge on any atom is -0.478 e. The highest BCUT2D eigenvalue weighted by Gasteiger charge is 2.37. The number of aromatic carboxylic acids is 1. The van der Waals surface area contributed by atoms with Crippen molar-refractivity contribution in [3.63, 3.8) is 0 Å². The van der Waals surface area contributed by atoms with Crippen LogP contribution >= 0.6 is 0 Å². The molecule has 2 aromatic carbocycles. The lowest BCUT2D eigenvalue weighted by atomic mass is 9.99. The minimum atomic E-state index is -1.000. The third kappa shape index (κ3) is 5.53. The van der Waals surface area contributed by atoms with Gasteiger partial charge < -0.3 is 14.6 Å². The van der Waals surface area contributed by atoms with E-state index in [2.05, 4.69) is 18.8 Å². The number of carbonyl (C=O) groups is 1. The van der Waals surface area contributed by atoms with E-state index in [-0.39, 0.29) is 5.56 Å². The van der Waals surface area contributed by atoms with E-state index in [1.54, 1.807) is 33.3 Å². The van der Waals surface area contributed by atoms with Crippen LogP contribution < -0.4 is 0 Å². The Kier molecular flexibility index (Phi) is 8.58. The summed E-state index contributed by atoms with van der Waals surface area (Å²) in [5, 5.41) is 14.2. The van der Waals surface area contributed by atoms with E-state index in [0.717, 1.165) is 29.8 Å². The van der Waals surface area contributed by atoms with Crippen LogP contribution in [-0.2, 0) is 28.2 Å². The van der Waals surface area contributed by atoms with Crippen LogP contribution in [0.15, 0.2) is 48.5 Å². The van der Waals surface area contributed by atoms with Crippen LogP contribution in [0.5, 0.6) is 0 Å². The Bertz CT molecular complexity index is 1170. The fraction of sp³-hybridized carbons (Fsp3) is 0.370. The number of hydrogen-bond donors (Lipinski definition) is 1. The standard InChI is InChI=1S/C27H31N3O4/c1-5-7-13-24-28-26(27(33-3,34-4)18-8-6-2)29-30(24)19-20-14-16-21(17-15-20)22-11-9-10-12-23(22)25(31)32/h9-12,14-17H,6,8,13,18-19H2,1-4H3,(H,31,32). The van der Waals surface area contributed by atoms with Gasteiger partial charge in [-0.15, -0.1) is 11.0 Å². The summed E-state index contributed by atoms with van der Waals surface area (Å²) in [6.45, 7) is 4.40. The zero-order chi connectivity index (χ0) is 24.6. The maximum atomic E-state index is 11.6. The molecule has 0 bridgehead atoms. The Morgan fingerprint density at radius 2 is 1.82 bits per heavy atom. The molecule has 0 aliphatic heterocycles. The number of benzene rings is 2. The molecule has 0 saturated heterocycles. The van der Waals surface area contributed by atoms with Crippen molar-refractivity contribution in [1.82, 2.24) is 14.8 Å². The van der Waals surface area contributed by atoms with Crippen molar-refractivity contribution >= 4 is 5.97 Å². The van der Waals surface area contributed by atoms with Gasteiger partial charge in [-0.1, -0.05) is 61.7 Å². The van der Waals surface area contributed by atoms with Crippen molar-refractivity contribution in [3.05, 3.63) is 71.3 Å². The first kappa shape index (κ1) is 25.2. The van der Waals surface area contributed by atoms with Crippen LogP contribution in [-0.4, -0.2) is 40.1 Å². The Morgan fingerprint density at radius 1 is 1.12 bits per heavy atom. The molecule has 0 unspecified atom stereocenters. The molecular formula is C27H31N3O4. The van der Waals surface area contributed by atoms with E-state index in [1.165, 1.54) is 0 Å². The second kappa shape index (κ2) is 11.6. The van der Waals surface area contributed by atoms with Crippen LogP contribution in [0.3, 0.4) is 0 Å². The van der Waals surface area contributed by atoms with Gasteiger partial charge in [-0.05, 0) is 36.1 Å². The molecule has 7 heteroatoms. The fourth-order valence-corrected chi connectivity index (χ4v) is 3.84. The first-order valence-corrected chi connectivity index (χ1v) is 11.3. The highest BCUT2D eigenvalue weighted by atomic mass is 16.7. The number of nitrogens with zero attached hydrogens (tertiary/aromatic N) is 3. The lowest BCUT2D eigenvalue weighted by molar-refractivity contribution is -0.226. The molecule has 0 aliphatic carbocycles.